The van der Waals surface area contributed by atoms with Crippen LogP contribution in [0.5, 0.6) is 0 Å². The van der Waals surface area contributed by atoms with Crippen LogP contribution in [0.3, 0.4) is 0 Å². The molecular weight excluding hydrogens is 238 g/mol. The molecular formula is C11H14ClN5. The van der Waals surface area contributed by atoms with Crippen LogP contribution >= 0.6 is 11.6 Å². The van der Waals surface area contributed by atoms with Crippen molar-refractivity contribution in [2.75, 3.05) is 11.2 Å². The number of nitrogens with one attached hydrogen (secondary N) is 2. The summed E-state index contributed by atoms with van der Waals surface area (Å²) in [7, 11) is 0. The van der Waals surface area contributed by atoms with E-state index < -0.39 is 0 Å². The molecule has 0 radical (unpaired) electrons. The Labute approximate surface area is 104 Å². The van der Waals surface area contributed by atoms with Gasteiger partial charge in [0.15, 0.2) is 11.5 Å². The Morgan fingerprint density at radius 2 is 2.29 bits per heavy atom. The number of hydrogen-bond donors (Lipinski definition) is 2. The zero-order valence-electron chi connectivity index (χ0n) is 9.36. The van der Waals surface area contributed by atoms with Crippen molar-refractivity contribution in [2.24, 2.45) is 5.92 Å². The Bertz CT molecular complexity index is 511. The number of aromatic amines is 1. The number of hydrogen-bond acceptors (Lipinski definition) is 4. The lowest BCUT2D eigenvalue weighted by molar-refractivity contribution is 0.561. The number of halogens is 1. The molecule has 2 aromatic heterocycles. The van der Waals surface area contributed by atoms with Crippen molar-refractivity contribution >= 4 is 28.6 Å². The zero-order chi connectivity index (χ0) is 11.7. The van der Waals surface area contributed by atoms with Gasteiger partial charge in [0.25, 0.3) is 0 Å². The third-order valence-corrected chi connectivity index (χ3v) is 3.80. The summed E-state index contributed by atoms with van der Waals surface area (Å²) < 4.78 is 0. The number of aromatic nitrogens is 4. The fourth-order valence-corrected chi connectivity index (χ4v) is 2.83. The number of rotatable bonds is 3. The molecule has 2 heterocycles. The highest BCUT2D eigenvalue weighted by atomic mass is 35.5. The Balaban J connectivity index is 1.87. The van der Waals surface area contributed by atoms with Gasteiger partial charge in [-0.2, -0.15) is 0 Å². The van der Waals surface area contributed by atoms with Crippen LogP contribution in [-0.2, 0) is 0 Å². The van der Waals surface area contributed by atoms with Gasteiger partial charge in [0.05, 0.1) is 6.33 Å². The van der Waals surface area contributed by atoms with Crippen LogP contribution in [0.1, 0.15) is 19.3 Å². The predicted octanol–water partition coefficient (Wildman–Crippen LogP) is 2.17. The van der Waals surface area contributed by atoms with Crippen LogP contribution in [0, 0.1) is 5.92 Å². The van der Waals surface area contributed by atoms with E-state index in [1.54, 1.807) is 6.33 Å². The zero-order valence-corrected chi connectivity index (χ0v) is 10.1. The van der Waals surface area contributed by atoms with Crippen molar-refractivity contribution in [3.63, 3.8) is 0 Å². The molecule has 0 aromatic carbocycles. The highest BCUT2D eigenvalue weighted by molar-refractivity contribution is 6.18. The highest BCUT2D eigenvalue weighted by Gasteiger charge is 2.27. The molecule has 1 saturated carbocycles. The van der Waals surface area contributed by atoms with Crippen molar-refractivity contribution in [2.45, 2.75) is 25.3 Å². The highest BCUT2D eigenvalue weighted by Crippen LogP contribution is 2.30. The average molecular weight is 252 g/mol. The molecule has 2 aromatic rings. The summed E-state index contributed by atoms with van der Waals surface area (Å²) in [6.07, 6.45) is 6.75. The van der Waals surface area contributed by atoms with E-state index in [9.17, 15) is 0 Å². The minimum absolute atomic E-state index is 0.411. The normalized spacial score (nSPS) is 24.3. The lowest BCUT2D eigenvalue weighted by Crippen LogP contribution is -2.25. The summed E-state index contributed by atoms with van der Waals surface area (Å²) in [6, 6.07) is 0.411. The number of fused-ring (bicyclic) bond motifs is 1. The Kier molecular flexibility index (Phi) is 2.84. The molecule has 6 heteroatoms. The Morgan fingerprint density at radius 1 is 1.35 bits per heavy atom. The van der Waals surface area contributed by atoms with Gasteiger partial charge in [0.1, 0.15) is 11.8 Å². The number of H-pyrrole nitrogens is 1. The summed E-state index contributed by atoms with van der Waals surface area (Å²) in [4.78, 5) is 15.6. The lowest BCUT2D eigenvalue weighted by Gasteiger charge is -2.19. The van der Waals surface area contributed by atoms with E-state index in [2.05, 4.69) is 25.3 Å². The maximum Gasteiger partial charge on any atom is 0.182 e. The predicted molar refractivity (Wildman–Crippen MR) is 67.2 cm³/mol. The molecule has 0 bridgehead atoms. The van der Waals surface area contributed by atoms with Gasteiger partial charge in [-0.05, 0) is 18.8 Å². The lowest BCUT2D eigenvalue weighted by atomic mass is 10.1. The van der Waals surface area contributed by atoms with Gasteiger partial charge in [-0.3, -0.25) is 0 Å². The molecule has 0 amide bonds. The van der Waals surface area contributed by atoms with Gasteiger partial charge in [-0.1, -0.05) is 6.42 Å². The van der Waals surface area contributed by atoms with Crippen molar-refractivity contribution in [1.82, 2.24) is 19.9 Å². The van der Waals surface area contributed by atoms with Crippen LogP contribution in [0.25, 0.3) is 11.2 Å². The van der Waals surface area contributed by atoms with Gasteiger partial charge in [0, 0.05) is 11.9 Å². The van der Waals surface area contributed by atoms with E-state index in [1.165, 1.54) is 19.2 Å². The molecule has 2 N–H and O–H groups in total. The van der Waals surface area contributed by atoms with E-state index in [4.69, 9.17) is 11.6 Å². The first-order valence-corrected chi connectivity index (χ1v) is 6.38. The first kappa shape index (κ1) is 10.8. The van der Waals surface area contributed by atoms with E-state index in [-0.39, 0.29) is 0 Å². The maximum atomic E-state index is 5.97. The smallest absolute Gasteiger partial charge is 0.182 e. The van der Waals surface area contributed by atoms with Crippen molar-refractivity contribution in [3.05, 3.63) is 12.7 Å². The second-order valence-corrected chi connectivity index (χ2v) is 4.73. The van der Waals surface area contributed by atoms with E-state index in [0.29, 0.717) is 23.5 Å². The third-order valence-electron chi connectivity index (χ3n) is 3.40. The quantitative estimate of drug-likeness (QED) is 0.821. The number of alkyl halides is 1. The van der Waals surface area contributed by atoms with E-state index >= 15 is 0 Å². The summed E-state index contributed by atoms with van der Waals surface area (Å²) in [6.45, 7) is 0. The van der Waals surface area contributed by atoms with Crippen LogP contribution < -0.4 is 5.32 Å². The second-order valence-electron chi connectivity index (χ2n) is 4.42. The molecule has 90 valence electrons. The fourth-order valence-electron chi connectivity index (χ4n) is 2.46. The topological polar surface area (TPSA) is 66.5 Å². The van der Waals surface area contributed by atoms with Gasteiger partial charge in [0.2, 0.25) is 0 Å². The minimum atomic E-state index is 0.411. The van der Waals surface area contributed by atoms with Crippen LogP contribution in [0.4, 0.5) is 5.82 Å². The van der Waals surface area contributed by atoms with Gasteiger partial charge in [-0.25, -0.2) is 15.0 Å². The molecule has 1 fully saturated rings. The largest absolute Gasteiger partial charge is 0.365 e. The average Bonchev–Trinajstić information content (AvgIpc) is 2.97. The Hall–Kier alpha value is -1.36. The summed E-state index contributed by atoms with van der Waals surface area (Å²) in [5.74, 6) is 2.06. The molecule has 17 heavy (non-hydrogen) atoms. The van der Waals surface area contributed by atoms with Crippen LogP contribution in [0.15, 0.2) is 12.7 Å². The third kappa shape index (κ3) is 1.95. The number of anilines is 1. The maximum absolute atomic E-state index is 5.97. The van der Waals surface area contributed by atoms with Crippen molar-refractivity contribution in [1.29, 1.82) is 0 Å². The molecule has 3 rings (SSSR count). The minimum Gasteiger partial charge on any atom is -0.365 e. The van der Waals surface area contributed by atoms with E-state index in [1.807, 2.05) is 0 Å². The number of nitrogens with zero attached hydrogens (tertiary/aromatic N) is 3. The van der Waals surface area contributed by atoms with Crippen molar-refractivity contribution in [3.8, 4) is 0 Å². The summed E-state index contributed by atoms with van der Waals surface area (Å²) in [5, 5.41) is 3.46. The molecule has 2 unspecified atom stereocenters. The number of imidazole rings is 1. The fraction of sp³-hybridized carbons (Fsp3) is 0.545. The molecule has 5 nitrogen and oxygen atoms in total. The monoisotopic (exact) mass is 251 g/mol. The molecule has 1 aliphatic carbocycles. The molecule has 0 aliphatic heterocycles. The van der Waals surface area contributed by atoms with Crippen LogP contribution in [0.2, 0.25) is 0 Å². The first-order chi connectivity index (χ1) is 8.38. The molecule has 0 spiro atoms. The Morgan fingerprint density at radius 3 is 3.18 bits per heavy atom. The SMILES string of the molecule is ClCC1CCCC1Nc1ncnc2nc[nH]c12. The standard InChI is InChI=1S/C11H14ClN5/c12-4-7-2-1-3-8(7)17-11-9-10(14-5-13-9)15-6-16-11/h5-8H,1-4H2,(H2,13,14,15,16,17). The van der Waals surface area contributed by atoms with Gasteiger partial charge in [-0.15, -0.1) is 11.6 Å². The van der Waals surface area contributed by atoms with Crippen LogP contribution in [-0.4, -0.2) is 31.9 Å². The molecule has 0 saturated heterocycles. The van der Waals surface area contributed by atoms with Gasteiger partial charge >= 0.3 is 0 Å². The summed E-state index contributed by atoms with van der Waals surface area (Å²) in [5.41, 5.74) is 1.57. The van der Waals surface area contributed by atoms with Crippen molar-refractivity contribution < 1.29 is 0 Å². The van der Waals surface area contributed by atoms with Gasteiger partial charge < -0.3 is 10.3 Å². The van der Waals surface area contributed by atoms with E-state index in [0.717, 1.165) is 17.8 Å². The molecule has 1 aliphatic rings. The second kappa shape index (κ2) is 4.49. The molecule has 2 atom stereocenters. The summed E-state index contributed by atoms with van der Waals surface area (Å²) >= 11 is 5.97. The first-order valence-electron chi connectivity index (χ1n) is 5.85.